The maximum Gasteiger partial charge on any atom is 0.119 e. The highest BCUT2D eigenvalue weighted by atomic mass is 16.5. The Balaban J connectivity index is 1.66. The summed E-state index contributed by atoms with van der Waals surface area (Å²) in [5.41, 5.74) is 1.48. The molecule has 2 aliphatic carbocycles. The average molecular weight is 273 g/mol. The zero-order valence-electron chi connectivity index (χ0n) is 12.8. The normalized spacial score (nSPS) is 26.1. The number of hydrogen-bond acceptors (Lipinski definition) is 2. The summed E-state index contributed by atoms with van der Waals surface area (Å²) in [7, 11) is 0. The largest absolute Gasteiger partial charge is 0.491 e. The van der Waals surface area contributed by atoms with E-state index in [0.717, 1.165) is 23.6 Å². The summed E-state index contributed by atoms with van der Waals surface area (Å²) < 4.78 is 5.84. The molecule has 2 nitrogen and oxygen atoms in total. The molecule has 2 saturated carbocycles. The fourth-order valence-electron chi connectivity index (χ4n) is 3.42. The van der Waals surface area contributed by atoms with Gasteiger partial charge in [-0.3, -0.25) is 0 Å². The minimum absolute atomic E-state index is 0.251. The van der Waals surface area contributed by atoms with E-state index in [-0.39, 0.29) is 6.10 Å². The van der Waals surface area contributed by atoms with Gasteiger partial charge in [-0.1, -0.05) is 18.6 Å². The molecule has 1 N–H and O–H groups in total. The third-order valence-electron chi connectivity index (χ3n) is 4.56. The molecule has 2 heteroatoms. The van der Waals surface area contributed by atoms with Crippen molar-refractivity contribution in [3.8, 4) is 5.75 Å². The average Bonchev–Trinajstić information content (AvgIpc) is 3.13. The van der Waals surface area contributed by atoms with Gasteiger partial charge >= 0.3 is 0 Å². The van der Waals surface area contributed by atoms with Gasteiger partial charge in [0.2, 0.25) is 0 Å². The summed E-state index contributed by atoms with van der Waals surface area (Å²) in [6.45, 7) is 5.37. The second-order valence-electron chi connectivity index (χ2n) is 6.72. The molecule has 1 aromatic carbocycles. The molecule has 0 saturated heterocycles. The van der Waals surface area contributed by atoms with Crippen molar-refractivity contribution in [2.45, 2.75) is 64.0 Å². The van der Waals surface area contributed by atoms with E-state index in [1.807, 2.05) is 0 Å². The highest BCUT2D eigenvalue weighted by Gasteiger charge is 2.30. The van der Waals surface area contributed by atoms with Gasteiger partial charge in [0.15, 0.2) is 0 Å². The number of rotatable bonds is 6. The van der Waals surface area contributed by atoms with Crippen molar-refractivity contribution in [2.24, 2.45) is 5.92 Å². The lowest BCUT2D eigenvalue weighted by Crippen LogP contribution is -2.26. The number of hydrogen-bond donors (Lipinski definition) is 1. The fraction of sp³-hybridized carbons (Fsp3) is 0.667. The molecular formula is C18H27NO. The van der Waals surface area contributed by atoms with Crippen LogP contribution in [0.15, 0.2) is 24.3 Å². The molecule has 2 fully saturated rings. The molecule has 0 amide bonds. The second kappa shape index (κ2) is 6.17. The van der Waals surface area contributed by atoms with Gasteiger partial charge in [0.1, 0.15) is 5.75 Å². The summed E-state index contributed by atoms with van der Waals surface area (Å²) in [6, 6.07) is 9.60. The quantitative estimate of drug-likeness (QED) is 0.842. The van der Waals surface area contributed by atoms with Crippen LogP contribution in [0.3, 0.4) is 0 Å². The van der Waals surface area contributed by atoms with E-state index in [1.165, 1.54) is 44.2 Å². The Morgan fingerprint density at radius 2 is 2.05 bits per heavy atom. The third-order valence-corrected chi connectivity index (χ3v) is 4.56. The molecule has 20 heavy (non-hydrogen) atoms. The first-order valence-electron chi connectivity index (χ1n) is 8.22. The van der Waals surface area contributed by atoms with Gasteiger partial charge in [-0.25, -0.2) is 0 Å². The van der Waals surface area contributed by atoms with Crippen LogP contribution in [0.5, 0.6) is 5.75 Å². The molecular weight excluding hydrogens is 246 g/mol. The SMILES string of the molecule is CC(C)Oc1cccc(C2CCCC2CNC2CC2)c1. The predicted molar refractivity (Wildman–Crippen MR) is 83.3 cm³/mol. The maximum atomic E-state index is 5.84. The van der Waals surface area contributed by atoms with Gasteiger partial charge in [0.25, 0.3) is 0 Å². The minimum Gasteiger partial charge on any atom is -0.491 e. The molecule has 110 valence electrons. The Labute approximate surface area is 122 Å². The van der Waals surface area contributed by atoms with Crippen molar-refractivity contribution in [2.75, 3.05) is 6.54 Å². The molecule has 0 radical (unpaired) electrons. The molecule has 0 heterocycles. The van der Waals surface area contributed by atoms with Crippen molar-refractivity contribution >= 4 is 0 Å². The van der Waals surface area contributed by atoms with Crippen LogP contribution in [-0.4, -0.2) is 18.7 Å². The Morgan fingerprint density at radius 3 is 2.80 bits per heavy atom. The van der Waals surface area contributed by atoms with Gasteiger partial charge < -0.3 is 10.1 Å². The van der Waals surface area contributed by atoms with Crippen molar-refractivity contribution in [1.29, 1.82) is 0 Å². The van der Waals surface area contributed by atoms with Crippen LogP contribution in [0.2, 0.25) is 0 Å². The molecule has 3 rings (SSSR count). The fourth-order valence-corrected chi connectivity index (χ4v) is 3.42. The lowest BCUT2D eigenvalue weighted by molar-refractivity contribution is 0.242. The first kappa shape index (κ1) is 13.9. The molecule has 1 aromatic rings. The van der Waals surface area contributed by atoms with Gasteiger partial charge in [-0.05, 0) is 75.6 Å². The van der Waals surface area contributed by atoms with Crippen LogP contribution >= 0.6 is 0 Å². The molecule has 2 aliphatic rings. The second-order valence-corrected chi connectivity index (χ2v) is 6.72. The van der Waals surface area contributed by atoms with Crippen LogP contribution in [0, 0.1) is 5.92 Å². The lowest BCUT2D eigenvalue weighted by atomic mass is 9.88. The van der Waals surface area contributed by atoms with Gasteiger partial charge in [-0.15, -0.1) is 0 Å². The monoisotopic (exact) mass is 273 g/mol. The van der Waals surface area contributed by atoms with E-state index in [1.54, 1.807) is 0 Å². The van der Waals surface area contributed by atoms with Gasteiger partial charge in [0.05, 0.1) is 6.10 Å². The highest BCUT2D eigenvalue weighted by Crippen LogP contribution is 2.40. The van der Waals surface area contributed by atoms with Gasteiger partial charge in [0, 0.05) is 6.04 Å². The summed E-state index contributed by atoms with van der Waals surface area (Å²) in [4.78, 5) is 0. The van der Waals surface area contributed by atoms with Crippen LogP contribution in [-0.2, 0) is 0 Å². The maximum absolute atomic E-state index is 5.84. The molecule has 0 aromatic heterocycles. The van der Waals surface area contributed by atoms with Crippen LogP contribution in [0.25, 0.3) is 0 Å². The Hall–Kier alpha value is -1.02. The van der Waals surface area contributed by atoms with E-state index in [9.17, 15) is 0 Å². The zero-order chi connectivity index (χ0) is 13.9. The highest BCUT2D eigenvalue weighted by molar-refractivity contribution is 5.32. The van der Waals surface area contributed by atoms with Crippen molar-refractivity contribution in [3.63, 3.8) is 0 Å². The number of nitrogens with one attached hydrogen (secondary N) is 1. The van der Waals surface area contributed by atoms with Crippen LogP contribution in [0.1, 0.15) is 57.4 Å². The minimum atomic E-state index is 0.251. The van der Waals surface area contributed by atoms with E-state index in [4.69, 9.17) is 4.74 Å². The smallest absolute Gasteiger partial charge is 0.119 e. The van der Waals surface area contributed by atoms with Crippen molar-refractivity contribution in [1.82, 2.24) is 5.32 Å². The van der Waals surface area contributed by atoms with Crippen molar-refractivity contribution < 1.29 is 4.74 Å². The summed E-state index contributed by atoms with van der Waals surface area (Å²) in [5, 5.41) is 3.71. The van der Waals surface area contributed by atoms with E-state index >= 15 is 0 Å². The van der Waals surface area contributed by atoms with E-state index in [0.29, 0.717) is 0 Å². The first-order chi connectivity index (χ1) is 9.72. The molecule has 0 aliphatic heterocycles. The van der Waals surface area contributed by atoms with Crippen molar-refractivity contribution in [3.05, 3.63) is 29.8 Å². The Kier molecular flexibility index (Phi) is 4.30. The molecule has 2 unspecified atom stereocenters. The third kappa shape index (κ3) is 3.54. The van der Waals surface area contributed by atoms with E-state index < -0.39 is 0 Å². The van der Waals surface area contributed by atoms with Gasteiger partial charge in [-0.2, -0.15) is 0 Å². The summed E-state index contributed by atoms with van der Waals surface area (Å²) in [5.74, 6) is 2.56. The number of benzene rings is 1. The predicted octanol–water partition coefficient (Wildman–Crippen LogP) is 4.11. The van der Waals surface area contributed by atoms with Crippen LogP contribution < -0.4 is 10.1 Å². The topological polar surface area (TPSA) is 21.3 Å². The lowest BCUT2D eigenvalue weighted by Gasteiger charge is -2.21. The molecule has 0 spiro atoms. The molecule has 2 atom stereocenters. The zero-order valence-corrected chi connectivity index (χ0v) is 12.8. The Morgan fingerprint density at radius 1 is 1.20 bits per heavy atom. The number of ether oxygens (including phenoxy) is 1. The standard InChI is InChI=1S/C18H27NO/c1-13(2)20-17-7-3-5-14(11-17)18-8-4-6-15(18)12-19-16-9-10-16/h3,5,7,11,13,15-16,18-19H,4,6,8-10,12H2,1-2H3. The summed E-state index contributed by atoms with van der Waals surface area (Å²) in [6.07, 6.45) is 7.10. The molecule has 0 bridgehead atoms. The van der Waals surface area contributed by atoms with E-state index in [2.05, 4.69) is 43.4 Å². The van der Waals surface area contributed by atoms with Crippen LogP contribution in [0.4, 0.5) is 0 Å². The first-order valence-corrected chi connectivity index (χ1v) is 8.22. The Bertz CT molecular complexity index is 439. The summed E-state index contributed by atoms with van der Waals surface area (Å²) >= 11 is 0.